The van der Waals surface area contributed by atoms with Gasteiger partial charge in [-0.25, -0.2) is 5.43 Å². The number of hydrogen-bond donors (Lipinski definition) is 3. The first kappa shape index (κ1) is 29.8. The predicted octanol–water partition coefficient (Wildman–Crippen LogP) is 5.38. The zero-order valence-corrected chi connectivity index (χ0v) is 23.5. The zero-order valence-electron chi connectivity index (χ0n) is 22.8. The molecule has 0 saturated heterocycles. The van der Waals surface area contributed by atoms with Crippen LogP contribution in [0.4, 0.5) is 5.69 Å². The summed E-state index contributed by atoms with van der Waals surface area (Å²) >= 11 is 6.08. The van der Waals surface area contributed by atoms with E-state index in [1.807, 2.05) is 36.4 Å². The molecule has 0 saturated carbocycles. The molecule has 0 unspecified atom stereocenters. The van der Waals surface area contributed by atoms with Gasteiger partial charge in [0.1, 0.15) is 0 Å². The first-order valence-electron chi connectivity index (χ1n) is 13.0. The molecule has 9 nitrogen and oxygen atoms in total. The normalized spacial score (nSPS) is 11.4. The Morgan fingerprint density at radius 2 is 1.55 bits per heavy atom. The molecule has 10 heteroatoms. The van der Waals surface area contributed by atoms with Crippen LogP contribution in [0.3, 0.4) is 0 Å². The monoisotopic (exact) mass is 584 g/mol. The molecule has 0 fully saturated rings. The van der Waals surface area contributed by atoms with Crippen LogP contribution in [-0.2, 0) is 9.59 Å². The van der Waals surface area contributed by atoms with E-state index in [0.29, 0.717) is 33.3 Å². The van der Waals surface area contributed by atoms with Crippen LogP contribution in [-0.4, -0.2) is 37.7 Å². The maximum Gasteiger partial charge on any atom is 0.262 e. The third-order valence-corrected chi connectivity index (χ3v) is 6.36. The van der Waals surface area contributed by atoms with Gasteiger partial charge in [0.15, 0.2) is 18.1 Å². The molecule has 1 atom stereocenters. The Labute approximate surface area is 248 Å². The van der Waals surface area contributed by atoms with E-state index in [9.17, 15) is 14.4 Å². The summed E-state index contributed by atoms with van der Waals surface area (Å²) in [7, 11) is 1.47. The highest BCUT2D eigenvalue weighted by molar-refractivity contribution is 6.33. The fourth-order valence-corrected chi connectivity index (χ4v) is 4.14. The first-order chi connectivity index (χ1) is 20.4. The minimum Gasteiger partial charge on any atom is -0.493 e. The Bertz CT molecular complexity index is 1550. The lowest BCUT2D eigenvalue weighted by Gasteiger charge is -2.18. The van der Waals surface area contributed by atoms with Gasteiger partial charge in [-0.2, -0.15) is 5.10 Å². The number of hydrazone groups is 1. The predicted molar refractivity (Wildman–Crippen MR) is 162 cm³/mol. The van der Waals surface area contributed by atoms with Gasteiger partial charge in [0.05, 0.1) is 36.5 Å². The van der Waals surface area contributed by atoms with Crippen molar-refractivity contribution in [2.75, 3.05) is 19.0 Å². The summed E-state index contributed by atoms with van der Waals surface area (Å²) in [6.45, 7) is -0.255. The van der Waals surface area contributed by atoms with Crippen LogP contribution in [0.15, 0.2) is 108 Å². The van der Waals surface area contributed by atoms with Crippen LogP contribution in [0.5, 0.6) is 11.5 Å². The Balaban J connectivity index is 1.33. The quantitative estimate of drug-likeness (QED) is 0.153. The highest BCUT2D eigenvalue weighted by Crippen LogP contribution is 2.28. The summed E-state index contributed by atoms with van der Waals surface area (Å²) in [6, 6.07) is 29.4. The van der Waals surface area contributed by atoms with E-state index in [1.165, 1.54) is 13.3 Å². The Morgan fingerprint density at radius 3 is 2.26 bits per heavy atom. The lowest BCUT2D eigenvalue weighted by molar-refractivity contribution is -0.121. The largest absolute Gasteiger partial charge is 0.493 e. The summed E-state index contributed by atoms with van der Waals surface area (Å²) < 4.78 is 11.0. The minimum absolute atomic E-state index is 0.0215. The standard InChI is InChI=1S/C32H29ClN4O5/c1-41-29-18-22(16-17-28(29)42-21-31(39)35-26-15-9-8-14-25(26)33)20-34-37-30(38)19-27(23-10-4-2-5-11-23)36-32(40)24-12-6-3-7-13-24/h2-18,20,27H,19,21H2,1H3,(H,35,39)(H,36,40)(H,37,38)/b34-20-/t27-/m0/s1. The zero-order chi connectivity index (χ0) is 29.7. The van der Waals surface area contributed by atoms with E-state index in [1.54, 1.807) is 66.7 Å². The van der Waals surface area contributed by atoms with Crippen molar-refractivity contribution in [3.05, 3.63) is 125 Å². The van der Waals surface area contributed by atoms with Gasteiger partial charge in [-0.3, -0.25) is 14.4 Å². The van der Waals surface area contributed by atoms with Gasteiger partial charge in [0, 0.05) is 5.56 Å². The molecule has 42 heavy (non-hydrogen) atoms. The van der Waals surface area contributed by atoms with Gasteiger partial charge in [-0.1, -0.05) is 72.3 Å². The van der Waals surface area contributed by atoms with Gasteiger partial charge in [-0.05, 0) is 53.6 Å². The Morgan fingerprint density at radius 1 is 0.857 bits per heavy atom. The molecule has 0 spiro atoms. The lowest BCUT2D eigenvalue weighted by Crippen LogP contribution is -2.32. The number of anilines is 1. The molecule has 0 aromatic heterocycles. The molecule has 4 rings (SSSR count). The van der Waals surface area contributed by atoms with Crippen molar-refractivity contribution in [3.63, 3.8) is 0 Å². The van der Waals surface area contributed by atoms with Crippen LogP contribution in [0.2, 0.25) is 5.02 Å². The SMILES string of the molecule is COc1cc(/C=N\NC(=O)C[C@H](NC(=O)c2ccccc2)c2ccccc2)ccc1OCC(=O)Nc1ccccc1Cl. The van der Waals surface area contributed by atoms with Gasteiger partial charge < -0.3 is 20.1 Å². The van der Waals surface area contributed by atoms with Crippen LogP contribution >= 0.6 is 11.6 Å². The number of halogens is 1. The molecular formula is C32H29ClN4O5. The number of carbonyl (C=O) groups excluding carboxylic acids is 3. The van der Waals surface area contributed by atoms with E-state index in [-0.39, 0.29) is 30.7 Å². The first-order valence-corrected chi connectivity index (χ1v) is 13.4. The summed E-state index contributed by atoms with van der Waals surface area (Å²) in [4.78, 5) is 37.8. The number of nitrogens with one attached hydrogen (secondary N) is 3. The van der Waals surface area contributed by atoms with Crippen LogP contribution in [0.25, 0.3) is 0 Å². The number of hydrogen-bond acceptors (Lipinski definition) is 6. The Hall–Kier alpha value is -5.15. The number of para-hydroxylation sites is 1. The van der Waals surface area contributed by atoms with Crippen molar-refractivity contribution in [2.24, 2.45) is 5.10 Å². The number of methoxy groups -OCH3 is 1. The molecule has 4 aromatic rings. The summed E-state index contributed by atoms with van der Waals surface area (Å²) in [6.07, 6.45) is 1.43. The molecule has 3 amide bonds. The topological polar surface area (TPSA) is 118 Å². The summed E-state index contributed by atoms with van der Waals surface area (Å²) in [5, 5.41) is 10.1. The minimum atomic E-state index is -0.555. The molecule has 0 radical (unpaired) electrons. The maximum atomic E-state index is 12.8. The number of amides is 3. The van der Waals surface area contributed by atoms with Crippen molar-refractivity contribution >= 4 is 41.2 Å². The maximum absolute atomic E-state index is 12.8. The van der Waals surface area contributed by atoms with E-state index >= 15 is 0 Å². The average molecular weight is 585 g/mol. The van der Waals surface area contributed by atoms with E-state index in [0.717, 1.165) is 5.56 Å². The second-order valence-electron chi connectivity index (χ2n) is 9.03. The van der Waals surface area contributed by atoms with Crippen molar-refractivity contribution < 1.29 is 23.9 Å². The second-order valence-corrected chi connectivity index (χ2v) is 9.43. The van der Waals surface area contributed by atoms with Crippen molar-refractivity contribution in [3.8, 4) is 11.5 Å². The molecule has 0 aliphatic rings. The van der Waals surface area contributed by atoms with Crippen LogP contribution in [0, 0.1) is 0 Å². The summed E-state index contributed by atoms with van der Waals surface area (Å²) in [5.74, 6) is -0.315. The van der Waals surface area contributed by atoms with Crippen molar-refractivity contribution in [1.82, 2.24) is 10.7 Å². The molecule has 214 valence electrons. The lowest BCUT2D eigenvalue weighted by atomic mass is 10.0. The number of carbonyl (C=O) groups is 3. The molecular weight excluding hydrogens is 556 g/mol. The third-order valence-electron chi connectivity index (χ3n) is 6.03. The number of rotatable bonds is 12. The smallest absolute Gasteiger partial charge is 0.262 e. The van der Waals surface area contributed by atoms with E-state index in [4.69, 9.17) is 21.1 Å². The average Bonchev–Trinajstić information content (AvgIpc) is 3.02. The van der Waals surface area contributed by atoms with Crippen molar-refractivity contribution in [1.29, 1.82) is 0 Å². The molecule has 0 aliphatic heterocycles. The molecule has 0 aliphatic carbocycles. The van der Waals surface area contributed by atoms with Crippen LogP contribution in [0.1, 0.15) is 33.9 Å². The highest BCUT2D eigenvalue weighted by Gasteiger charge is 2.19. The van der Waals surface area contributed by atoms with Gasteiger partial charge >= 0.3 is 0 Å². The highest BCUT2D eigenvalue weighted by atomic mass is 35.5. The van der Waals surface area contributed by atoms with E-state index < -0.39 is 6.04 Å². The fraction of sp³-hybridized carbons (Fsp3) is 0.125. The van der Waals surface area contributed by atoms with Gasteiger partial charge in [-0.15, -0.1) is 0 Å². The second kappa shape index (κ2) is 15.0. The number of nitrogens with zero attached hydrogens (tertiary/aromatic N) is 1. The van der Waals surface area contributed by atoms with Gasteiger partial charge in [0.2, 0.25) is 5.91 Å². The molecule has 0 heterocycles. The van der Waals surface area contributed by atoms with Gasteiger partial charge in [0.25, 0.3) is 11.8 Å². The Kier molecular flexibility index (Phi) is 10.7. The number of ether oxygens (including phenoxy) is 2. The number of benzene rings is 4. The summed E-state index contributed by atoms with van der Waals surface area (Å²) in [5.41, 5.74) is 4.91. The molecule has 0 bridgehead atoms. The molecule has 3 N–H and O–H groups in total. The van der Waals surface area contributed by atoms with Crippen molar-refractivity contribution in [2.45, 2.75) is 12.5 Å². The molecule has 4 aromatic carbocycles. The fourth-order valence-electron chi connectivity index (χ4n) is 3.95. The third kappa shape index (κ3) is 8.67. The van der Waals surface area contributed by atoms with E-state index in [2.05, 4.69) is 21.2 Å². The van der Waals surface area contributed by atoms with Crippen LogP contribution < -0.4 is 25.5 Å².